The average Bonchev–Trinajstić information content (AvgIpc) is 2.36. The van der Waals surface area contributed by atoms with Crippen LogP contribution >= 0.6 is 0 Å². The van der Waals surface area contributed by atoms with Gasteiger partial charge in [0, 0.05) is 24.9 Å². The van der Waals surface area contributed by atoms with Crippen molar-refractivity contribution in [3.8, 4) is 0 Å². The first-order valence-electron chi connectivity index (χ1n) is 6.04. The number of sulfone groups is 1. The monoisotopic (exact) mass is 284 g/mol. The zero-order chi connectivity index (χ0) is 14.6. The maximum atomic E-state index is 12.2. The molecule has 0 radical (unpaired) electrons. The molecule has 0 fully saturated rings. The second-order valence-electron chi connectivity index (χ2n) is 4.64. The van der Waals surface area contributed by atoms with Crippen LogP contribution in [0.5, 0.6) is 0 Å². The van der Waals surface area contributed by atoms with Gasteiger partial charge in [-0.25, -0.2) is 8.42 Å². The van der Waals surface area contributed by atoms with Crippen LogP contribution in [0.1, 0.15) is 23.7 Å². The van der Waals surface area contributed by atoms with Gasteiger partial charge >= 0.3 is 0 Å². The van der Waals surface area contributed by atoms with Crippen molar-refractivity contribution in [3.63, 3.8) is 0 Å². The first-order chi connectivity index (χ1) is 8.77. The Morgan fingerprint density at radius 2 is 1.84 bits per heavy atom. The van der Waals surface area contributed by atoms with Gasteiger partial charge in [-0.1, -0.05) is 0 Å². The molecule has 1 rings (SSSR count). The second-order valence-corrected chi connectivity index (χ2v) is 6.65. The Morgan fingerprint density at radius 1 is 1.32 bits per heavy atom. The number of hydrogen-bond donors (Lipinski definition) is 1. The van der Waals surface area contributed by atoms with E-state index in [4.69, 9.17) is 5.73 Å². The van der Waals surface area contributed by atoms with Crippen LogP contribution in [0.3, 0.4) is 0 Å². The maximum Gasteiger partial charge on any atom is 0.253 e. The van der Waals surface area contributed by atoms with Crippen LogP contribution in [0, 0.1) is 0 Å². The van der Waals surface area contributed by atoms with E-state index in [2.05, 4.69) is 0 Å². The Labute approximate surface area is 114 Å². The van der Waals surface area contributed by atoms with Crippen LogP contribution in [-0.4, -0.2) is 45.1 Å². The van der Waals surface area contributed by atoms with Crippen LogP contribution in [0.2, 0.25) is 0 Å². The molecule has 0 aliphatic rings. The summed E-state index contributed by atoms with van der Waals surface area (Å²) in [5, 5.41) is 0. The van der Waals surface area contributed by atoms with Gasteiger partial charge < -0.3 is 10.6 Å². The molecule has 0 saturated carbocycles. The fourth-order valence-corrected chi connectivity index (χ4v) is 2.31. The zero-order valence-corrected chi connectivity index (χ0v) is 12.3. The molecule has 19 heavy (non-hydrogen) atoms. The lowest BCUT2D eigenvalue weighted by Gasteiger charge is -2.24. The molecular weight excluding hydrogens is 264 g/mol. The first-order valence-corrected chi connectivity index (χ1v) is 7.94. The highest BCUT2D eigenvalue weighted by Gasteiger charge is 2.17. The third-order valence-corrected chi connectivity index (χ3v) is 4.22. The maximum absolute atomic E-state index is 12.2. The molecule has 0 saturated heterocycles. The lowest BCUT2D eigenvalue weighted by atomic mass is 10.1. The predicted molar refractivity (Wildman–Crippen MR) is 74.8 cm³/mol. The number of carbonyl (C=O) groups is 1. The number of nitrogens with zero attached hydrogens (tertiary/aromatic N) is 1. The van der Waals surface area contributed by atoms with E-state index >= 15 is 0 Å². The van der Waals surface area contributed by atoms with Crippen molar-refractivity contribution in [1.82, 2.24) is 4.90 Å². The molecule has 0 aliphatic carbocycles. The van der Waals surface area contributed by atoms with E-state index in [1.54, 1.807) is 11.9 Å². The SMILES string of the molecule is CC(CCN)N(C)C(=O)c1ccc(S(C)(=O)=O)cc1. The third-order valence-electron chi connectivity index (χ3n) is 3.10. The Bertz CT molecular complexity index is 538. The standard InChI is InChI=1S/C13H20N2O3S/c1-10(8-9-14)15(2)13(16)11-4-6-12(7-5-11)19(3,17)18/h4-7,10H,8-9,14H2,1-3H3. The van der Waals surface area contributed by atoms with Crippen molar-refractivity contribution in [3.05, 3.63) is 29.8 Å². The van der Waals surface area contributed by atoms with Gasteiger partial charge in [-0.2, -0.15) is 0 Å². The third kappa shape index (κ3) is 4.04. The molecule has 0 bridgehead atoms. The summed E-state index contributed by atoms with van der Waals surface area (Å²) in [6.07, 6.45) is 1.86. The molecule has 0 aliphatic heterocycles. The van der Waals surface area contributed by atoms with Gasteiger partial charge in [-0.05, 0) is 44.2 Å². The summed E-state index contributed by atoms with van der Waals surface area (Å²) >= 11 is 0. The quantitative estimate of drug-likeness (QED) is 0.871. The number of carbonyl (C=O) groups excluding carboxylic acids is 1. The minimum atomic E-state index is -3.23. The van der Waals surface area contributed by atoms with E-state index < -0.39 is 9.84 Å². The number of hydrogen-bond acceptors (Lipinski definition) is 4. The van der Waals surface area contributed by atoms with E-state index in [1.165, 1.54) is 24.3 Å². The lowest BCUT2D eigenvalue weighted by Crippen LogP contribution is -2.36. The van der Waals surface area contributed by atoms with Gasteiger partial charge in [0.1, 0.15) is 0 Å². The van der Waals surface area contributed by atoms with Crippen molar-refractivity contribution >= 4 is 15.7 Å². The molecule has 0 aromatic heterocycles. The number of benzene rings is 1. The van der Waals surface area contributed by atoms with Gasteiger partial charge in [-0.3, -0.25) is 4.79 Å². The largest absolute Gasteiger partial charge is 0.339 e. The highest BCUT2D eigenvalue weighted by Crippen LogP contribution is 2.13. The Balaban J connectivity index is 2.90. The molecular formula is C13H20N2O3S. The number of rotatable bonds is 5. The highest BCUT2D eigenvalue weighted by atomic mass is 32.2. The lowest BCUT2D eigenvalue weighted by molar-refractivity contribution is 0.0739. The van der Waals surface area contributed by atoms with Gasteiger partial charge in [0.2, 0.25) is 0 Å². The Hall–Kier alpha value is -1.40. The molecule has 6 heteroatoms. The van der Waals surface area contributed by atoms with E-state index in [1.807, 2.05) is 6.92 Å². The predicted octanol–water partition coefficient (Wildman–Crippen LogP) is 0.899. The van der Waals surface area contributed by atoms with Gasteiger partial charge in [0.15, 0.2) is 9.84 Å². The Kier molecular flexibility index (Phi) is 5.08. The van der Waals surface area contributed by atoms with E-state index in [-0.39, 0.29) is 16.8 Å². The van der Waals surface area contributed by atoms with Gasteiger partial charge in [0.25, 0.3) is 5.91 Å². The summed E-state index contributed by atoms with van der Waals surface area (Å²) < 4.78 is 22.7. The molecule has 1 aromatic carbocycles. The molecule has 1 atom stereocenters. The summed E-state index contributed by atoms with van der Waals surface area (Å²) in [6, 6.07) is 6.01. The van der Waals surface area contributed by atoms with Crippen LogP contribution in [-0.2, 0) is 9.84 Å². The molecule has 2 N–H and O–H groups in total. The molecule has 1 unspecified atom stereocenters. The normalized spacial score (nSPS) is 13.1. The van der Waals surface area contributed by atoms with E-state index in [9.17, 15) is 13.2 Å². The van der Waals surface area contributed by atoms with Crippen molar-refractivity contribution in [2.45, 2.75) is 24.3 Å². The highest BCUT2D eigenvalue weighted by molar-refractivity contribution is 7.90. The molecule has 1 amide bonds. The number of nitrogens with two attached hydrogens (primary N) is 1. The van der Waals surface area contributed by atoms with Gasteiger partial charge in [-0.15, -0.1) is 0 Å². The summed E-state index contributed by atoms with van der Waals surface area (Å²) in [5.74, 6) is -0.138. The number of amides is 1. The topological polar surface area (TPSA) is 80.5 Å². The average molecular weight is 284 g/mol. The van der Waals surface area contributed by atoms with E-state index in [0.717, 1.165) is 12.7 Å². The molecule has 1 aromatic rings. The summed E-state index contributed by atoms with van der Waals surface area (Å²) in [6.45, 7) is 2.45. The first kappa shape index (κ1) is 15.7. The van der Waals surface area contributed by atoms with Crippen molar-refractivity contribution in [2.75, 3.05) is 19.8 Å². The van der Waals surface area contributed by atoms with Crippen molar-refractivity contribution in [1.29, 1.82) is 0 Å². The zero-order valence-electron chi connectivity index (χ0n) is 11.5. The Morgan fingerprint density at radius 3 is 2.26 bits per heavy atom. The van der Waals surface area contributed by atoms with Crippen LogP contribution < -0.4 is 5.73 Å². The van der Waals surface area contributed by atoms with Crippen LogP contribution in [0.25, 0.3) is 0 Å². The fraction of sp³-hybridized carbons (Fsp3) is 0.462. The molecule has 0 heterocycles. The van der Waals surface area contributed by atoms with Crippen molar-refractivity contribution in [2.24, 2.45) is 5.73 Å². The molecule has 106 valence electrons. The van der Waals surface area contributed by atoms with E-state index in [0.29, 0.717) is 12.1 Å². The van der Waals surface area contributed by atoms with Crippen LogP contribution in [0.4, 0.5) is 0 Å². The van der Waals surface area contributed by atoms with Gasteiger partial charge in [0.05, 0.1) is 4.90 Å². The minimum Gasteiger partial charge on any atom is -0.339 e. The summed E-state index contributed by atoms with van der Waals surface area (Å²) in [4.78, 5) is 14.0. The fourth-order valence-electron chi connectivity index (χ4n) is 1.68. The summed E-state index contributed by atoms with van der Waals surface area (Å²) in [7, 11) is -1.52. The van der Waals surface area contributed by atoms with Crippen LogP contribution in [0.15, 0.2) is 29.2 Å². The summed E-state index contributed by atoms with van der Waals surface area (Å²) in [5.41, 5.74) is 5.94. The molecule has 0 spiro atoms. The molecule has 5 nitrogen and oxygen atoms in total. The smallest absolute Gasteiger partial charge is 0.253 e. The second kappa shape index (κ2) is 6.16. The van der Waals surface area contributed by atoms with Crippen molar-refractivity contribution < 1.29 is 13.2 Å². The minimum absolute atomic E-state index is 0.0482.